The van der Waals surface area contributed by atoms with Gasteiger partial charge in [0.05, 0.1) is 5.41 Å². The number of hydrogen-bond acceptors (Lipinski definition) is 4. The van der Waals surface area contributed by atoms with Gasteiger partial charge in [-0.3, -0.25) is 14.4 Å². The van der Waals surface area contributed by atoms with E-state index in [2.05, 4.69) is 69.2 Å². The molecule has 0 saturated heterocycles. The molecule has 4 nitrogen and oxygen atoms in total. The highest BCUT2D eigenvalue weighted by Crippen LogP contribution is 2.77. The van der Waals surface area contributed by atoms with E-state index in [0.29, 0.717) is 36.4 Å². The van der Waals surface area contributed by atoms with Crippen LogP contribution in [0, 0.1) is 56.2 Å². The van der Waals surface area contributed by atoms with Gasteiger partial charge in [-0.15, -0.1) is 0 Å². The molecule has 0 unspecified atom stereocenters. The van der Waals surface area contributed by atoms with Crippen LogP contribution in [0.3, 0.4) is 0 Å². The van der Waals surface area contributed by atoms with Gasteiger partial charge in [0, 0.05) is 25.2 Å². The molecule has 0 aromatic carbocycles. The number of rotatable bonds is 4. The molecule has 0 spiro atoms. The predicted octanol–water partition coefficient (Wildman–Crippen LogP) is 8.90. The van der Waals surface area contributed by atoms with Crippen molar-refractivity contribution in [3.63, 3.8) is 0 Å². The van der Waals surface area contributed by atoms with E-state index in [1.807, 2.05) is 0 Å². The van der Waals surface area contributed by atoms with Crippen molar-refractivity contribution in [2.45, 2.75) is 146 Å². The molecule has 4 fully saturated rings. The smallest absolute Gasteiger partial charge is 0.302 e. The molecule has 0 amide bonds. The van der Waals surface area contributed by atoms with Gasteiger partial charge < -0.3 is 4.74 Å². The molecule has 8 atom stereocenters. The second-order valence-electron chi connectivity index (χ2n) is 17.9. The lowest BCUT2D eigenvalue weighted by molar-refractivity contribution is -0.232. The van der Waals surface area contributed by atoms with Crippen LogP contribution in [0.5, 0.6) is 0 Å². The maximum atomic E-state index is 14.3. The molecule has 0 aromatic heterocycles. The first-order valence-electron chi connectivity index (χ1n) is 16.7. The van der Waals surface area contributed by atoms with E-state index in [1.54, 1.807) is 6.92 Å². The lowest BCUT2D eigenvalue weighted by Gasteiger charge is -2.72. The minimum Gasteiger partial charge on any atom is -0.462 e. The number of ketones is 2. The Labute approximate surface area is 250 Å². The first-order valence-corrected chi connectivity index (χ1v) is 16.7. The lowest BCUT2D eigenvalue weighted by atomic mass is 9.33. The van der Waals surface area contributed by atoms with Gasteiger partial charge in [0.15, 0.2) is 5.78 Å². The molecule has 5 aliphatic carbocycles. The molecule has 0 aromatic rings. The Morgan fingerprint density at radius 1 is 0.878 bits per heavy atom. The van der Waals surface area contributed by atoms with Crippen molar-refractivity contribution < 1.29 is 19.1 Å². The molecule has 4 saturated carbocycles. The molecule has 0 aliphatic heterocycles. The summed E-state index contributed by atoms with van der Waals surface area (Å²) in [4.78, 5) is 40.0. The number of hydrogen-bond donors (Lipinski definition) is 0. The first-order chi connectivity index (χ1) is 18.7. The Balaban J connectivity index is 1.56. The molecule has 230 valence electrons. The highest BCUT2D eigenvalue weighted by Gasteiger charge is 2.70. The number of carbonyl (C=O) groups is 3. The number of Topliss-reactive ketones (excluding diaryl/α,β-unsaturated/α-hetero) is 2. The Morgan fingerprint density at radius 2 is 1.54 bits per heavy atom. The third-order valence-corrected chi connectivity index (χ3v) is 13.9. The van der Waals surface area contributed by atoms with Crippen LogP contribution in [0.1, 0.15) is 140 Å². The number of allylic oxidation sites excluding steroid dienone is 2. The van der Waals surface area contributed by atoms with Crippen molar-refractivity contribution in [3.05, 3.63) is 11.1 Å². The van der Waals surface area contributed by atoms with E-state index in [9.17, 15) is 14.4 Å². The molecule has 0 bridgehead atoms. The van der Waals surface area contributed by atoms with Gasteiger partial charge in [-0.25, -0.2) is 0 Å². The summed E-state index contributed by atoms with van der Waals surface area (Å²) in [5.74, 6) is 1.96. The second kappa shape index (κ2) is 9.52. The zero-order valence-corrected chi connectivity index (χ0v) is 28.1. The van der Waals surface area contributed by atoms with Crippen LogP contribution in [0.2, 0.25) is 0 Å². The van der Waals surface area contributed by atoms with E-state index in [-0.39, 0.29) is 50.8 Å². The third-order valence-electron chi connectivity index (χ3n) is 13.9. The van der Waals surface area contributed by atoms with Crippen LogP contribution in [0.15, 0.2) is 11.1 Å². The standard InChI is InChI=1S/C37H58O4/c1-22(2)30-25(39)20-37(28(40)21-32(4,5)6)19-18-35(10)24(31(30)37)12-13-27-34(9)16-15-29(41-23(3)38)33(7,8)26(34)14-17-36(27,35)11/h22,24,26-27,29H,12-21H2,1-11H3/t24-,26+,27-,29+,34+,35-,36-,37+/m1/s1. The largest absolute Gasteiger partial charge is 0.462 e. The van der Waals surface area contributed by atoms with Gasteiger partial charge in [-0.1, -0.05) is 69.2 Å². The normalized spacial score (nSPS) is 43.7. The Morgan fingerprint density at radius 3 is 2.12 bits per heavy atom. The topological polar surface area (TPSA) is 60.4 Å². The Kier molecular flexibility index (Phi) is 7.20. The minimum atomic E-state index is -0.581. The van der Waals surface area contributed by atoms with Gasteiger partial charge in [0.1, 0.15) is 11.9 Å². The van der Waals surface area contributed by atoms with Crippen molar-refractivity contribution in [1.29, 1.82) is 0 Å². The molecule has 4 heteroatoms. The third kappa shape index (κ3) is 4.29. The van der Waals surface area contributed by atoms with Crippen LogP contribution in [0.4, 0.5) is 0 Å². The highest BCUT2D eigenvalue weighted by molar-refractivity contribution is 6.07. The van der Waals surface area contributed by atoms with Crippen LogP contribution in [-0.2, 0) is 19.1 Å². The van der Waals surface area contributed by atoms with Gasteiger partial charge in [0.25, 0.3) is 0 Å². The number of esters is 1. The second-order valence-corrected chi connectivity index (χ2v) is 17.9. The molecular formula is C37H58O4. The zero-order chi connectivity index (χ0) is 30.6. The van der Waals surface area contributed by atoms with Gasteiger partial charge in [-0.2, -0.15) is 0 Å². The molecule has 5 rings (SSSR count). The summed E-state index contributed by atoms with van der Waals surface area (Å²) in [6.07, 6.45) is 9.39. The van der Waals surface area contributed by atoms with Crippen LogP contribution in [0.25, 0.3) is 0 Å². The monoisotopic (exact) mass is 566 g/mol. The quantitative estimate of drug-likeness (QED) is 0.319. The van der Waals surface area contributed by atoms with Gasteiger partial charge in [-0.05, 0) is 108 Å². The van der Waals surface area contributed by atoms with Crippen molar-refractivity contribution >= 4 is 17.5 Å². The predicted molar refractivity (Wildman–Crippen MR) is 164 cm³/mol. The molecule has 0 N–H and O–H groups in total. The van der Waals surface area contributed by atoms with E-state index < -0.39 is 5.41 Å². The average molecular weight is 567 g/mol. The summed E-state index contributed by atoms with van der Waals surface area (Å²) in [5, 5.41) is 0. The Bertz CT molecular complexity index is 1170. The van der Waals surface area contributed by atoms with Crippen molar-refractivity contribution in [1.82, 2.24) is 0 Å². The van der Waals surface area contributed by atoms with Gasteiger partial charge in [0.2, 0.25) is 0 Å². The van der Waals surface area contributed by atoms with E-state index in [1.165, 1.54) is 12.0 Å². The maximum absolute atomic E-state index is 14.3. The molecule has 0 radical (unpaired) electrons. The minimum absolute atomic E-state index is 0.0123. The highest BCUT2D eigenvalue weighted by atomic mass is 16.5. The number of carbonyl (C=O) groups excluding carboxylic acids is 3. The molecule has 5 aliphatic rings. The van der Waals surface area contributed by atoms with Crippen LogP contribution in [-0.4, -0.2) is 23.6 Å². The number of ether oxygens (including phenoxy) is 1. The average Bonchev–Trinajstić information content (AvgIpc) is 3.13. The van der Waals surface area contributed by atoms with E-state index >= 15 is 0 Å². The maximum Gasteiger partial charge on any atom is 0.302 e. The fraction of sp³-hybridized carbons (Fsp3) is 0.865. The van der Waals surface area contributed by atoms with E-state index in [4.69, 9.17) is 4.74 Å². The molecule has 0 heterocycles. The van der Waals surface area contributed by atoms with Crippen molar-refractivity contribution in [2.24, 2.45) is 56.2 Å². The lowest BCUT2D eigenvalue weighted by Crippen LogP contribution is -2.66. The van der Waals surface area contributed by atoms with E-state index in [0.717, 1.165) is 50.5 Å². The van der Waals surface area contributed by atoms with Crippen molar-refractivity contribution in [3.8, 4) is 0 Å². The fourth-order valence-corrected chi connectivity index (χ4v) is 12.0. The van der Waals surface area contributed by atoms with Gasteiger partial charge >= 0.3 is 5.97 Å². The van der Waals surface area contributed by atoms with Crippen molar-refractivity contribution in [2.75, 3.05) is 0 Å². The molecular weight excluding hydrogens is 508 g/mol. The summed E-state index contributed by atoms with van der Waals surface area (Å²) < 4.78 is 5.92. The zero-order valence-electron chi connectivity index (χ0n) is 28.1. The summed E-state index contributed by atoms with van der Waals surface area (Å²) >= 11 is 0. The Hall–Kier alpha value is -1.45. The molecule has 41 heavy (non-hydrogen) atoms. The summed E-state index contributed by atoms with van der Waals surface area (Å²) in [6.45, 7) is 24.7. The SMILES string of the molecule is CC(=O)O[C@H]1CC[C@]2(C)[C@H]3CC[C@@H]4C5=C(C(C)C)C(=O)C[C@]5(C(=O)CC(C)(C)C)CC[C@@]4(C)[C@]3(C)CC[C@H]2C1(C)C. The van der Waals surface area contributed by atoms with Crippen LogP contribution >= 0.6 is 0 Å². The first kappa shape index (κ1) is 31.0. The summed E-state index contributed by atoms with van der Waals surface area (Å²) in [5.41, 5.74) is 1.97. The summed E-state index contributed by atoms with van der Waals surface area (Å²) in [7, 11) is 0. The summed E-state index contributed by atoms with van der Waals surface area (Å²) in [6, 6.07) is 0. The fourth-order valence-electron chi connectivity index (χ4n) is 12.0. The van der Waals surface area contributed by atoms with Crippen LogP contribution < -0.4 is 0 Å². The number of fused-ring (bicyclic) bond motifs is 7.